The van der Waals surface area contributed by atoms with Crippen molar-refractivity contribution in [2.24, 2.45) is 17.8 Å². The standard InChI is InChI=1S/C20H36O7/c1-5-13(6-2)10-25-19(24)15-9-14(15)8-7-11(3)26-20-18(23)17(22)16(21)12(4)27-20/h11-18,20-23H,5-10H2,1-4H3/t11-,12+,14-,15+,16-,17-,18?,20?/m1/s1. The molecular formula is C20H36O7. The number of hydrogen-bond acceptors (Lipinski definition) is 7. The molecule has 0 aromatic rings. The quantitative estimate of drug-likeness (QED) is 0.488. The van der Waals surface area contributed by atoms with Crippen molar-refractivity contribution in [2.75, 3.05) is 6.61 Å². The minimum atomic E-state index is -1.29. The summed E-state index contributed by atoms with van der Waals surface area (Å²) in [4.78, 5) is 12.1. The zero-order chi connectivity index (χ0) is 20.1. The van der Waals surface area contributed by atoms with Gasteiger partial charge in [-0.2, -0.15) is 0 Å². The summed E-state index contributed by atoms with van der Waals surface area (Å²) in [6.45, 7) is 8.23. The van der Waals surface area contributed by atoms with Crippen molar-refractivity contribution in [3.05, 3.63) is 0 Å². The first-order valence-electron chi connectivity index (χ1n) is 10.3. The summed E-state index contributed by atoms with van der Waals surface area (Å²) in [5.41, 5.74) is 0. The van der Waals surface area contributed by atoms with Crippen LogP contribution in [0.25, 0.3) is 0 Å². The summed E-state index contributed by atoms with van der Waals surface area (Å²) >= 11 is 0. The zero-order valence-electron chi connectivity index (χ0n) is 16.9. The first kappa shape index (κ1) is 22.6. The van der Waals surface area contributed by atoms with E-state index in [1.54, 1.807) is 6.92 Å². The molecule has 3 N–H and O–H groups in total. The molecule has 7 nitrogen and oxygen atoms in total. The van der Waals surface area contributed by atoms with Gasteiger partial charge >= 0.3 is 5.97 Å². The molecule has 0 spiro atoms. The molecule has 0 aromatic heterocycles. The highest BCUT2D eigenvalue weighted by atomic mass is 16.7. The number of esters is 1. The lowest BCUT2D eigenvalue weighted by Gasteiger charge is -2.39. The van der Waals surface area contributed by atoms with Crippen molar-refractivity contribution in [3.8, 4) is 0 Å². The maximum Gasteiger partial charge on any atom is 0.309 e. The molecule has 1 saturated carbocycles. The van der Waals surface area contributed by atoms with Crippen molar-refractivity contribution in [3.63, 3.8) is 0 Å². The maximum absolute atomic E-state index is 12.1. The van der Waals surface area contributed by atoms with E-state index < -0.39 is 30.7 Å². The second-order valence-electron chi connectivity index (χ2n) is 8.12. The van der Waals surface area contributed by atoms with E-state index in [2.05, 4.69) is 13.8 Å². The van der Waals surface area contributed by atoms with E-state index in [1.807, 2.05) is 6.92 Å². The first-order valence-corrected chi connectivity index (χ1v) is 10.3. The van der Waals surface area contributed by atoms with Crippen LogP contribution in [0.15, 0.2) is 0 Å². The molecule has 1 saturated heterocycles. The number of ether oxygens (including phenoxy) is 3. The monoisotopic (exact) mass is 388 g/mol. The third-order valence-corrected chi connectivity index (χ3v) is 5.96. The van der Waals surface area contributed by atoms with Gasteiger partial charge in [0.05, 0.1) is 24.7 Å². The van der Waals surface area contributed by atoms with Crippen LogP contribution in [0.1, 0.15) is 59.8 Å². The van der Waals surface area contributed by atoms with Crippen LogP contribution < -0.4 is 0 Å². The Morgan fingerprint density at radius 2 is 1.81 bits per heavy atom. The summed E-state index contributed by atoms with van der Waals surface area (Å²) in [7, 11) is 0. The van der Waals surface area contributed by atoms with Crippen molar-refractivity contribution >= 4 is 5.97 Å². The van der Waals surface area contributed by atoms with Gasteiger partial charge in [0, 0.05) is 0 Å². The van der Waals surface area contributed by atoms with E-state index in [0.717, 1.165) is 32.1 Å². The number of carbonyl (C=O) groups excluding carboxylic acids is 1. The highest BCUT2D eigenvalue weighted by Gasteiger charge is 2.45. The van der Waals surface area contributed by atoms with Gasteiger partial charge in [0.25, 0.3) is 0 Å². The molecule has 0 aromatic carbocycles. The molecule has 8 atom stereocenters. The van der Waals surface area contributed by atoms with Crippen LogP contribution in [0.2, 0.25) is 0 Å². The van der Waals surface area contributed by atoms with E-state index in [4.69, 9.17) is 14.2 Å². The minimum absolute atomic E-state index is 0.0000691. The van der Waals surface area contributed by atoms with Crippen molar-refractivity contribution in [1.29, 1.82) is 0 Å². The summed E-state index contributed by atoms with van der Waals surface area (Å²) in [5, 5.41) is 29.5. The van der Waals surface area contributed by atoms with Gasteiger partial charge in [0.15, 0.2) is 6.29 Å². The van der Waals surface area contributed by atoms with E-state index in [1.165, 1.54) is 0 Å². The summed E-state index contributed by atoms with van der Waals surface area (Å²) in [5.74, 6) is 0.684. The van der Waals surface area contributed by atoms with Gasteiger partial charge < -0.3 is 29.5 Å². The Hall–Kier alpha value is -0.730. The second kappa shape index (κ2) is 10.2. The molecule has 1 aliphatic carbocycles. The fraction of sp³-hybridized carbons (Fsp3) is 0.950. The summed E-state index contributed by atoms with van der Waals surface area (Å²) in [6.07, 6.45) is -1.01. The SMILES string of the molecule is CCC(CC)COC(=O)[C@H]1C[C@H]1CC[C@@H](C)OC1O[C@@H](C)[C@@H](O)[C@@H](O)C1O. The topological polar surface area (TPSA) is 105 Å². The van der Waals surface area contributed by atoms with Crippen LogP contribution in [0.5, 0.6) is 0 Å². The molecular weight excluding hydrogens is 352 g/mol. The molecule has 7 heteroatoms. The predicted octanol–water partition coefficient (Wildman–Crippen LogP) is 1.61. The molecule has 2 rings (SSSR count). The van der Waals surface area contributed by atoms with Gasteiger partial charge in [-0.3, -0.25) is 4.79 Å². The Morgan fingerprint density at radius 3 is 2.44 bits per heavy atom. The zero-order valence-corrected chi connectivity index (χ0v) is 16.9. The average molecular weight is 389 g/mol. The Bertz CT molecular complexity index is 467. The van der Waals surface area contributed by atoms with Gasteiger partial charge in [-0.25, -0.2) is 0 Å². The van der Waals surface area contributed by atoms with Crippen LogP contribution >= 0.6 is 0 Å². The molecule has 1 aliphatic heterocycles. The van der Waals surface area contributed by atoms with E-state index in [0.29, 0.717) is 18.4 Å². The number of aliphatic hydroxyl groups excluding tert-OH is 3. The number of rotatable bonds is 10. The maximum atomic E-state index is 12.1. The predicted molar refractivity (Wildman–Crippen MR) is 98.8 cm³/mol. The normalized spacial score (nSPS) is 37.3. The number of hydrogen-bond donors (Lipinski definition) is 3. The van der Waals surface area contributed by atoms with Gasteiger partial charge in [0.2, 0.25) is 0 Å². The number of aliphatic hydroxyl groups is 3. The Morgan fingerprint density at radius 1 is 1.15 bits per heavy atom. The van der Waals surface area contributed by atoms with Crippen LogP contribution in [-0.4, -0.2) is 64.7 Å². The smallest absolute Gasteiger partial charge is 0.309 e. The van der Waals surface area contributed by atoms with Crippen molar-refractivity contribution in [1.82, 2.24) is 0 Å². The lowest BCUT2D eigenvalue weighted by atomic mass is 10.00. The van der Waals surface area contributed by atoms with Gasteiger partial charge in [-0.1, -0.05) is 26.7 Å². The lowest BCUT2D eigenvalue weighted by Crippen LogP contribution is -2.57. The van der Waals surface area contributed by atoms with Gasteiger partial charge in [-0.05, 0) is 44.9 Å². The molecule has 2 unspecified atom stereocenters. The van der Waals surface area contributed by atoms with E-state index >= 15 is 0 Å². The fourth-order valence-electron chi connectivity index (χ4n) is 3.56. The molecule has 2 fully saturated rings. The van der Waals surface area contributed by atoms with Crippen LogP contribution in [0.4, 0.5) is 0 Å². The van der Waals surface area contributed by atoms with Crippen molar-refractivity contribution in [2.45, 2.75) is 96.6 Å². The molecule has 158 valence electrons. The Balaban J connectivity index is 1.66. The summed E-state index contributed by atoms with van der Waals surface area (Å²) < 4.78 is 16.6. The van der Waals surface area contributed by atoms with E-state index in [9.17, 15) is 20.1 Å². The van der Waals surface area contributed by atoms with Gasteiger partial charge in [0.1, 0.15) is 18.3 Å². The average Bonchev–Trinajstić information content (AvgIpc) is 3.43. The molecule has 1 heterocycles. The second-order valence-corrected chi connectivity index (χ2v) is 8.12. The lowest BCUT2D eigenvalue weighted by molar-refractivity contribution is -0.303. The molecule has 0 amide bonds. The molecule has 0 bridgehead atoms. The Kier molecular flexibility index (Phi) is 8.49. The third-order valence-electron chi connectivity index (χ3n) is 5.96. The van der Waals surface area contributed by atoms with E-state index in [-0.39, 0.29) is 18.0 Å². The molecule has 27 heavy (non-hydrogen) atoms. The molecule has 2 aliphatic rings. The summed E-state index contributed by atoms with van der Waals surface area (Å²) in [6, 6.07) is 0. The number of carbonyl (C=O) groups is 1. The fourth-order valence-corrected chi connectivity index (χ4v) is 3.56. The Labute approximate surface area is 162 Å². The first-order chi connectivity index (χ1) is 12.8. The van der Waals surface area contributed by atoms with Crippen LogP contribution in [0.3, 0.4) is 0 Å². The van der Waals surface area contributed by atoms with Gasteiger partial charge in [-0.15, -0.1) is 0 Å². The highest BCUT2D eigenvalue weighted by molar-refractivity contribution is 5.75. The van der Waals surface area contributed by atoms with Crippen LogP contribution in [-0.2, 0) is 19.0 Å². The van der Waals surface area contributed by atoms with Crippen molar-refractivity contribution < 1.29 is 34.3 Å². The largest absolute Gasteiger partial charge is 0.465 e. The minimum Gasteiger partial charge on any atom is -0.465 e. The van der Waals surface area contributed by atoms with Crippen LogP contribution in [0, 0.1) is 17.8 Å². The third kappa shape index (κ3) is 6.12. The highest BCUT2D eigenvalue weighted by Crippen LogP contribution is 2.43. The molecule has 0 radical (unpaired) electrons.